The molecule has 0 amide bonds. The van der Waals surface area contributed by atoms with E-state index in [1.54, 1.807) is 0 Å². The molecule has 12 heavy (non-hydrogen) atoms. The van der Waals surface area contributed by atoms with Crippen molar-refractivity contribution in [1.82, 2.24) is 5.32 Å². The Morgan fingerprint density at radius 3 is 2.83 bits per heavy atom. The van der Waals surface area contributed by atoms with Crippen LogP contribution in [-0.2, 0) is 9.47 Å². The zero-order valence-corrected chi connectivity index (χ0v) is 7.21. The van der Waals surface area contributed by atoms with Crippen molar-refractivity contribution in [3.63, 3.8) is 0 Å². The Morgan fingerprint density at radius 2 is 2.17 bits per heavy atom. The van der Waals surface area contributed by atoms with E-state index in [1.165, 1.54) is 0 Å². The quantitative estimate of drug-likeness (QED) is 0.556. The molecule has 0 aromatic carbocycles. The molecule has 0 bridgehead atoms. The summed E-state index contributed by atoms with van der Waals surface area (Å²) in [6, 6.07) is 0.358. The van der Waals surface area contributed by atoms with Crippen LogP contribution in [0.5, 0.6) is 0 Å². The third-order valence-electron chi connectivity index (χ3n) is 2.59. The number of rotatable bonds is 1. The molecule has 2 fully saturated rings. The van der Waals surface area contributed by atoms with E-state index in [0.717, 1.165) is 32.6 Å². The summed E-state index contributed by atoms with van der Waals surface area (Å²) < 4.78 is 11.2. The van der Waals surface area contributed by atoms with Gasteiger partial charge in [0, 0.05) is 32.0 Å². The molecule has 3 N–H and O–H groups in total. The topological polar surface area (TPSA) is 56.5 Å². The maximum atomic E-state index is 5.60. The van der Waals surface area contributed by atoms with Gasteiger partial charge in [-0.1, -0.05) is 0 Å². The number of piperidine rings is 1. The molecule has 2 aliphatic rings. The predicted octanol–water partition coefficient (Wildman–Crippen LogP) is -0.560. The predicted molar refractivity (Wildman–Crippen MR) is 44.7 cm³/mol. The SMILES string of the molecule is NCC1CC2(CCN1)OCCO2. The highest BCUT2D eigenvalue weighted by atomic mass is 16.7. The van der Waals surface area contributed by atoms with E-state index in [4.69, 9.17) is 15.2 Å². The van der Waals surface area contributed by atoms with E-state index in [2.05, 4.69) is 5.32 Å². The lowest BCUT2D eigenvalue weighted by Crippen LogP contribution is -2.51. The van der Waals surface area contributed by atoms with Crippen LogP contribution in [0.2, 0.25) is 0 Å². The molecule has 1 unspecified atom stereocenters. The molecule has 2 aliphatic heterocycles. The summed E-state index contributed by atoms with van der Waals surface area (Å²) in [5.74, 6) is -0.296. The van der Waals surface area contributed by atoms with Crippen molar-refractivity contribution in [3.05, 3.63) is 0 Å². The molecule has 1 spiro atoms. The summed E-state index contributed by atoms with van der Waals surface area (Å²) in [4.78, 5) is 0. The van der Waals surface area contributed by atoms with Crippen molar-refractivity contribution in [3.8, 4) is 0 Å². The molecule has 1 atom stereocenters. The van der Waals surface area contributed by atoms with Crippen LogP contribution in [0.4, 0.5) is 0 Å². The van der Waals surface area contributed by atoms with E-state index >= 15 is 0 Å². The van der Waals surface area contributed by atoms with Gasteiger partial charge in [-0.15, -0.1) is 0 Å². The average molecular weight is 172 g/mol. The highest BCUT2D eigenvalue weighted by Gasteiger charge is 2.40. The monoisotopic (exact) mass is 172 g/mol. The molecule has 4 heteroatoms. The highest BCUT2D eigenvalue weighted by molar-refractivity contribution is 4.87. The minimum atomic E-state index is -0.296. The zero-order chi connectivity index (χ0) is 8.44. The lowest BCUT2D eigenvalue weighted by molar-refractivity contribution is -0.179. The summed E-state index contributed by atoms with van der Waals surface area (Å²) in [5, 5.41) is 3.33. The minimum absolute atomic E-state index is 0.296. The minimum Gasteiger partial charge on any atom is -0.347 e. The second-order valence-corrected chi connectivity index (χ2v) is 3.45. The van der Waals surface area contributed by atoms with Crippen LogP contribution in [0.25, 0.3) is 0 Å². The Morgan fingerprint density at radius 1 is 1.42 bits per heavy atom. The van der Waals surface area contributed by atoms with Crippen LogP contribution < -0.4 is 11.1 Å². The van der Waals surface area contributed by atoms with Gasteiger partial charge in [-0.2, -0.15) is 0 Å². The van der Waals surface area contributed by atoms with Crippen molar-refractivity contribution < 1.29 is 9.47 Å². The molecular formula is C8H16N2O2. The first-order valence-electron chi connectivity index (χ1n) is 4.56. The largest absolute Gasteiger partial charge is 0.347 e. The summed E-state index contributed by atoms with van der Waals surface area (Å²) in [6.07, 6.45) is 1.84. The van der Waals surface area contributed by atoms with Crippen molar-refractivity contribution in [2.75, 3.05) is 26.3 Å². The van der Waals surface area contributed by atoms with Gasteiger partial charge in [-0.05, 0) is 0 Å². The summed E-state index contributed by atoms with van der Waals surface area (Å²) >= 11 is 0. The fourth-order valence-electron chi connectivity index (χ4n) is 1.94. The molecule has 0 aliphatic carbocycles. The molecule has 2 saturated heterocycles. The van der Waals surface area contributed by atoms with E-state index in [9.17, 15) is 0 Å². The van der Waals surface area contributed by atoms with Crippen LogP contribution in [0.15, 0.2) is 0 Å². The fourth-order valence-corrected chi connectivity index (χ4v) is 1.94. The Bertz CT molecular complexity index is 157. The molecular weight excluding hydrogens is 156 g/mol. The van der Waals surface area contributed by atoms with Crippen molar-refractivity contribution >= 4 is 0 Å². The fraction of sp³-hybridized carbons (Fsp3) is 1.00. The first-order valence-corrected chi connectivity index (χ1v) is 4.56. The number of hydrogen-bond acceptors (Lipinski definition) is 4. The summed E-state index contributed by atoms with van der Waals surface area (Å²) in [5.41, 5.74) is 5.58. The van der Waals surface area contributed by atoms with Crippen LogP contribution in [0.1, 0.15) is 12.8 Å². The third-order valence-corrected chi connectivity index (χ3v) is 2.59. The van der Waals surface area contributed by atoms with Gasteiger partial charge in [0.05, 0.1) is 13.2 Å². The molecule has 0 radical (unpaired) electrons. The lowest BCUT2D eigenvalue weighted by atomic mass is 9.98. The molecule has 2 rings (SSSR count). The average Bonchev–Trinajstić information content (AvgIpc) is 2.53. The second kappa shape index (κ2) is 3.30. The van der Waals surface area contributed by atoms with Gasteiger partial charge in [-0.3, -0.25) is 0 Å². The molecule has 0 aromatic heterocycles. The van der Waals surface area contributed by atoms with E-state index in [0.29, 0.717) is 12.6 Å². The van der Waals surface area contributed by atoms with Crippen LogP contribution in [-0.4, -0.2) is 38.1 Å². The first-order chi connectivity index (χ1) is 5.85. The lowest BCUT2D eigenvalue weighted by Gasteiger charge is -2.36. The number of hydrogen-bond donors (Lipinski definition) is 2. The molecule has 0 aromatic rings. The van der Waals surface area contributed by atoms with Crippen molar-refractivity contribution in [1.29, 1.82) is 0 Å². The van der Waals surface area contributed by atoms with Crippen molar-refractivity contribution in [2.45, 2.75) is 24.7 Å². The van der Waals surface area contributed by atoms with Crippen LogP contribution >= 0.6 is 0 Å². The van der Waals surface area contributed by atoms with Gasteiger partial charge < -0.3 is 20.5 Å². The molecule has 4 nitrogen and oxygen atoms in total. The number of ether oxygens (including phenoxy) is 2. The van der Waals surface area contributed by atoms with E-state index in [1.807, 2.05) is 0 Å². The molecule has 2 heterocycles. The summed E-state index contributed by atoms with van der Waals surface area (Å²) in [6.45, 7) is 3.07. The first kappa shape index (κ1) is 8.44. The van der Waals surface area contributed by atoms with Gasteiger partial charge in [0.15, 0.2) is 5.79 Å². The van der Waals surface area contributed by atoms with Gasteiger partial charge in [0.2, 0.25) is 0 Å². The number of nitrogens with one attached hydrogen (secondary N) is 1. The van der Waals surface area contributed by atoms with E-state index < -0.39 is 0 Å². The Labute approximate surface area is 72.4 Å². The van der Waals surface area contributed by atoms with Crippen molar-refractivity contribution in [2.24, 2.45) is 5.73 Å². The Kier molecular flexibility index (Phi) is 2.32. The maximum Gasteiger partial charge on any atom is 0.171 e. The molecule has 0 saturated carbocycles. The highest BCUT2D eigenvalue weighted by Crippen LogP contribution is 2.30. The van der Waals surface area contributed by atoms with E-state index in [-0.39, 0.29) is 5.79 Å². The second-order valence-electron chi connectivity index (χ2n) is 3.45. The third kappa shape index (κ3) is 1.47. The van der Waals surface area contributed by atoms with Crippen LogP contribution in [0.3, 0.4) is 0 Å². The summed E-state index contributed by atoms with van der Waals surface area (Å²) in [7, 11) is 0. The smallest absolute Gasteiger partial charge is 0.171 e. The van der Waals surface area contributed by atoms with Gasteiger partial charge >= 0.3 is 0 Å². The van der Waals surface area contributed by atoms with Gasteiger partial charge in [0.1, 0.15) is 0 Å². The Balaban J connectivity index is 1.97. The maximum absolute atomic E-state index is 5.60. The van der Waals surface area contributed by atoms with Crippen LogP contribution in [0, 0.1) is 0 Å². The zero-order valence-electron chi connectivity index (χ0n) is 7.21. The van der Waals surface area contributed by atoms with Gasteiger partial charge in [-0.25, -0.2) is 0 Å². The molecule has 70 valence electrons. The Hall–Kier alpha value is -0.160. The standard InChI is InChI=1S/C8H16N2O2/c9-6-7-5-8(1-2-10-7)11-3-4-12-8/h7,10H,1-6,9H2. The number of nitrogens with two attached hydrogens (primary N) is 1. The normalized spacial score (nSPS) is 34.2. The van der Waals surface area contributed by atoms with Gasteiger partial charge in [0.25, 0.3) is 0 Å².